The molecule has 3 heterocycles. The van der Waals surface area contributed by atoms with Gasteiger partial charge in [-0.3, -0.25) is 24.6 Å². The van der Waals surface area contributed by atoms with Crippen LogP contribution in [0, 0.1) is 15.9 Å². The molecule has 0 N–H and O–H groups in total. The number of non-ortho nitro benzene ring substituents is 1. The molecule has 0 bridgehead atoms. The fourth-order valence-electron chi connectivity index (χ4n) is 5.47. The number of hydrogen-bond acceptors (Lipinski definition) is 7. The van der Waals surface area contributed by atoms with Crippen molar-refractivity contribution < 1.29 is 23.4 Å². The minimum Gasteiger partial charge on any atom is -0.356 e. The summed E-state index contributed by atoms with van der Waals surface area (Å²) in [7, 11) is 0. The number of carbonyl (C=O) groups excluding carboxylic acids is 2. The Morgan fingerprint density at radius 2 is 1.65 bits per heavy atom. The number of nitro benzene ring substituents is 1. The fourth-order valence-corrected chi connectivity index (χ4v) is 5.47. The molecular weight excluding hydrogens is 479 g/mol. The van der Waals surface area contributed by atoms with Crippen molar-refractivity contribution >= 4 is 28.5 Å². The van der Waals surface area contributed by atoms with Crippen LogP contribution in [0.5, 0.6) is 0 Å². The number of benzene rings is 2. The molecule has 3 aromatic rings. The number of aromatic nitrogens is 1. The lowest BCUT2D eigenvalue weighted by atomic mass is 9.88. The molecule has 2 aliphatic heterocycles. The van der Waals surface area contributed by atoms with Gasteiger partial charge >= 0.3 is 0 Å². The summed E-state index contributed by atoms with van der Waals surface area (Å²) in [6.07, 6.45) is 4.01. The molecule has 10 heteroatoms. The predicted molar refractivity (Wildman–Crippen MR) is 133 cm³/mol. The Morgan fingerprint density at radius 3 is 2.32 bits per heavy atom. The topological polar surface area (TPSA) is 110 Å². The van der Waals surface area contributed by atoms with Gasteiger partial charge in [-0.1, -0.05) is 17.3 Å². The first-order chi connectivity index (χ1) is 17.9. The Balaban J connectivity index is 1.05. The molecule has 2 saturated heterocycles. The summed E-state index contributed by atoms with van der Waals surface area (Å²) in [5.74, 6) is -0.642. The van der Waals surface area contributed by atoms with Crippen LogP contribution in [-0.4, -0.2) is 57.9 Å². The molecule has 2 aliphatic rings. The molecule has 37 heavy (non-hydrogen) atoms. The summed E-state index contributed by atoms with van der Waals surface area (Å²) in [5.41, 5.74) is 2.16. The van der Waals surface area contributed by atoms with E-state index in [1.807, 2.05) is 0 Å². The zero-order valence-electron chi connectivity index (χ0n) is 20.5. The molecule has 5 rings (SSSR count). The summed E-state index contributed by atoms with van der Waals surface area (Å²) in [5, 5.41) is 15.9. The third-order valence-electron chi connectivity index (χ3n) is 7.56. The Labute approximate surface area is 213 Å². The lowest BCUT2D eigenvalue weighted by Gasteiger charge is -2.32. The normalized spacial score (nSPS) is 18.1. The van der Waals surface area contributed by atoms with Crippen LogP contribution in [0.1, 0.15) is 61.6 Å². The molecule has 2 amide bonds. The van der Waals surface area contributed by atoms with Crippen LogP contribution in [0.4, 0.5) is 10.1 Å². The van der Waals surface area contributed by atoms with Crippen molar-refractivity contribution in [3.05, 3.63) is 69.7 Å². The highest BCUT2D eigenvalue weighted by atomic mass is 19.1. The standard InChI is InChI=1S/C27H29FN4O5/c28-21-5-8-23-24(17-21)37-29-27(23)19-9-13-30(14-10-19)11-1-2-12-31-25(33)15-20(16-26(31)34)18-3-6-22(7-4-18)32(35)36/h3-8,17,19-20H,1-2,9-16H2. The van der Waals surface area contributed by atoms with Crippen molar-refractivity contribution in [3.8, 4) is 0 Å². The maximum Gasteiger partial charge on any atom is 0.269 e. The van der Waals surface area contributed by atoms with Crippen molar-refractivity contribution in [1.82, 2.24) is 15.0 Å². The van der Waals surface area contributed by atoms with E-state index < -0.39 is 4.92 Å². The van der Waals surface area contributed by atoms with E-state index in [2.05, 4.69) is 10.1 Å². The van der Waals surface area contributed by atoms with E-state index in [1.54, 1.807) is 18.2 Å². The highest BCUT2D eigenvalue weighted by Gasteiger charge is 2.33. The number of nitro groups is 1. The Hall–Kier alpha value is -3.66. The number of hydrogen-bond donors (Lipinski definition) is 0. The van der Waals surface area contributed by atoms with Crippen LogP contribution in [0.3, 0.4) is 0 Å². The molecule has 194 valence electrons. The smallest absolute Gasteiger partial charge is 0.269 e. The van der Waals surface area contributed by atoms with Crippen LogP contribution in [0.15, 0.2) is 47.0 Å². The third kappa shape index (κ3) is 5.53. The van der Waals surface area contributed by atoms with E-state index in [4.69, 9.17) is 4.52 Å². The average molecular weight is 509 g/mol. The van der Waals surface area contributed by atoms with Crippen molar-refractivity contribution in [2.45, 2.75) is 50.4 Å². The van der Waals surface area contributed by atoms with Gasteiger partial charge in [-0.05, 0) is 63.0 Å². The van der Waals surface area contributed by atoms with Gasteiger partial charge in [0.2, 0.25) is 11.8 Å². The van der Waals surface area contributed by atoms with E-state index in [9.17, 15) is 24.1 Å². The summed E-state index contributed by atoms with van der Waals surface area (Å²) in [6.45, 7) is 3.18. The van der Waals surface area contributed by atoms with Gasteiger partial charge in [0.15, 0.2) is 5.58 Å². The number of fused-ring (bicyclic) bond motifs is 1. The number of likely N-dealkylation sites (tertiary alicyclic amines) is 2. The lowest BCUT2D eigenvalue weighted by molar-refractivity contribution is -0.384. The number of unbranched alkanes of at least 4 members (excludes halogenated alkanes) is 1. The predicted octanol–water partition coefficient (Wildman–Crippen LogP) is 4.77. The number of imide groups is 1. The second-order valence-corrected chi connectivity index (χ2v) is 9.92. The molecule has 9 nitrogen and oxygen atoms in total. The fraction of sp³-hybridized carbons (Fsp3) is 0.444. The van der Waals surface area contributed by atoms with Crippen LogP contribution in [0.2, 0.25) is 0 Å². The summed E-state index contributed by atoms with van der Waals surface area (Å²) in [6, 6.07) is 10.6. The summed E-state index contributed by atoms with van der Waals surface area (Å²) >= 11 is 0. The Bertz CT molecular complexity index is 1280. The van der Waals surface area contributed by atoms with Crippen molar-refractivity contribution in [2.24, 2.45) is 0 Å². The zero-order chi connectivity index (χ0) is 25.9. The molecule has 1 aromatic heterocycles. The van der Waals surface area contributed by atoms with E-state index in [0.29, 0.717) is 12.1 Å². The average Bonchev–Trinajstić information content (AvgIpc) is 3.31. The second kappa shape index (κ2) is 10.8. The molecule has 0 radical (unpaired) electrons. The summed E-state index contributed by atoms with van der Waals surface area (Å²) in [4.78, 5) is 39.5. The van der Waals surface area contributed by atoms with Crippen molar-refractivity contribution in [2.75, 3.05) is 26.2 Å². The molecule has 0 aliphatic carbocycles. The summed E-state index contributed by atoms with van der Waals surface area (Å²) < 4.78 is 18.7. The van der Waals surface area contributed by atoms with Gasteiger partial charge in [-0.15, -0.1) is 0 Å². The molecule has 0 unspecified atom stereocenters. The molecule has 0 saturated carbocycles. The minimum absolute atomic E-state index is 0.00797. The lowest BCUT2D eigenvalue weighted by Crippen LogP contribution is -2.43. The van der Waals surface area contributed by atoms with E-state index >= 15 is 0 Å². The van der Waals surface area contributed by atoms with Gasteiger partial charge in [-0.25, -0.2) is 4.39 Å². The van der Waals surface area contributed by atoms with E-state index in [1.165, 1.54) is 29.2 Å². The monoisotopic (exact) mass is 508 g/mol. The van der Waals surface area contributed by atoms with Crippen molar-refractivity contribution in [1.29, 1.82) is 0 Å². The van der Waals surface area contributed by atoms with Gasteiger partial charge in [0, 0.05) is 54.8 Å². The van der Waals surface area contributed by atoms with Crippen molar-refractivity contribution in [3.63, 3.8) is 0 Å². The van der Waals surface area contributed by atoms with Crippen LogP contribution in [-0.2, 0) is 9.59 Å². The van der Waals surface area contributed by atoms with Gasteiger partial charge in [0.1, 0.15) is 5.82 Å². The Kier molecular flexibility index (Phi) is 7.27. The van der Waals surface area contributed by atoms with E-state index in [-0.39, 0.29) is 48.0 Å². The zero-order valence-corrected chi connectivity index (χ0v) is 20.5. The number of rotatable bonds is 8. The van der Waals surface area contributed by atoms with Gasteiger partial charge in [-0.2, -0.15) is 0 Å². The first-order valence-corrected chi connectivity index (χ1v) is 12.7. The molecule has 0 spiro atoms. The van der Waals surface area contributed by atoms with Gasteiger partial charge in [0.05, 0.1) is 10.6 Å². The number of carbonyl (C=O) groups is 2. The molecular formula is C27H29FN4O5. The maximum absolute atomic E-state index is 13.4. The van der Waals surface area contributed by atoms with Gasteiger partial charge < -0.3 is 9.42 Å². The first kappa shape index (κ1) is 25.0. The van der Waals surface area contributed by atoms with Crippen LogP contribution >= 0.6 is 0 Å². The number of amides is 2. The minimum atomic E-state index is -0.466. The number of halogens is 1. The molecule has 2 aromatic carbocycles. The quantitative estimate of drug-likeness (QED) is 0.187. The first-order valence-electron chi connectivity index (χ1n) is 12.7. The SMILES string of the molecule is O=C1CC(c2ccc([N+](=O)[O-])cc2)CC(=O)N1CCCCN1CCC(c2noc3cc(F)ccc23)CC1. The van der Waals surface area contributed by atoms with E-state index in [0.717, 1.165) is 62.0 Å². The number of piperidine rings is 2. The Morgan fingerprint density at radius 1 is 0.973 bits per heavy atom. The second-order valence-electron chi connectivity index (χ2n) is 9.92. The molecule has 0 atom stereocenters. The van der Waals surface area contributed by atoms with Crippen LogP contribution < -0.4 is 0 Å². The maximum atomic E-state index is 13.4. The highest BCUT2D eigenvalue weighted by Crippen LogP contribution is 2.33. The number of nitrogens with zero attached hydrogens (tertiary/aromatic N) is 4. The van der Waals surface area contributed by atoms with Crippen LogP contribution in [0.25, 0.3) is 11.0 Å². The van der Waals surface area contributed by atoms with Gasteiger partial charge in [0.25, 0.3) is 5.69 Å². The largest absolute Gasteiger partial charge is 0.356 e. The molecule has 2 fully saturated rings. The highest BCUT2D eigenvalue weighted by molar-refractivity contribution is 5.98. The third-order valence-corrected chi connectivity index (χ3v) is 7.56.